The van der Waals surface area contributed by atoms with Gasteiger partial charge in [0.15, 0.2) is 5.78 Å². The van der Waals surface area contributed by atoms with Crippen LogP contribution in [0.3, 0.4) is 0 Å². The lowest BCUT2D eigenvalue weighted by Gasteiger charge is -2.25. The van der Waals surface area contributed by atoms with E-state index in [-0.39, 0.29) is 17.9 Å². The molecule has 0 N–H and O–H groups in total. The molecular formula is C13H12N4O3S. The molecule has 108 valence electrons. The predicted molar refractivity (Wildman–Crippen MR) is 73.5 cm³/mol. The van der Waals surface area contributed by atoms with Crippen molar-refractivity contribution in [3.8, 4) is 5.69 Å². The van der Waals surface area contributed by atoms with Gasteiger partial charge in [0.05, 0.1) is 18.3 Å². The molecule has 0 saturated carbocycles. The number of aromatic nitrogens is 4. The molecule has 4 rings (SSSR count). The lowest BCUT2D eigenvalue weighted by atomic mass is 10.0. The number of hydrogen-bond acceptors (Lipinski definition) is 6. The number of fused-ring (bicyclic) bond motifs is 2. The van der Waals surface area contributed by atoms with Gasteiger partial charge in [-0.3, -0.25) is 4.79 Å². The van der Waals surface area contributed by atoms with E-state index in [2.05, 4.69) is 10.4 Å². The number of benzene rings is 1. The van der Waals surface area contributed by atoms with Crippen LogP contribution in [-0.2, 0) is 14.3 Å². The van der Waals surface area contributed by atoms with Gasteiger partial charge in [0.25, 0.3) is 0 Å². The predicted octanol–water partition coefficient (Wildman–Crippen LogP) is 1.05. The highest BCUT2D eigenvalue weighted by molar-refractivity contribution is 7.71. The van der Waals surface area contributed by atoms with E-state index in [1.165, 1.54) is 0 Å². The van der Waals surface area contributed by atoms with Gasteiger partial charge in [0.2, 0.25) is 11.1 Å². The van der Waals surface area contributed by atoms with E-state index >= 15 is 0 Å². The summed E-state index contributed by atoms with van der Waals surface area (Å²) in [5.41, 5.74) is 0.831. The number of rotatable bonds is 2. The molecule has 0 spiro atoms. The molecule has 2 aliphatic heterocycles. The van der Waals surface area contributed by atoms with Gasteiger partial charge in [0, 0.05) is 6.42 Å². The smallest absolute Gasteiger partial charge is 0.221 e. The fraction of sp³-hybridized carbons (Fsp3) is 0.385. The van der Waals surface area contributed by atoms with Crippen molar-refractivity contribution in [2.45, 2.75) is 24.9 Å². The Labute approximate surface area is 125 Å². The second-order valence-corrected chi connectivity index (χ2v) is 5.40. The SMILES string of the molecule is O=C1C[C@H](n2nnn(-c3ccccc3)c2=S)[C@H]2CO[C@@H]1O2. The maximum absolute atomic E-state index is 11.9. The van der Waals surface area contributed by atoms with Gasteiger partial charge in [-0.05, 0) is 34.8 Å². The average Bonchev–Trinajstić information content (AvgIpc) is 3.10. The largest absolute Gasteiger partial charge is 0.343 e. The van der Waals surface area contributed by atoms with E-state index < -0.39 is 6.29 Å². The van der Waals surface area contributed by atoms with Crippen molar-refractivity contribution in [3.05, 3.63) is 35.1 Å². The summed E-state index contributed by atoms with van der Waals surface area (Å²) in [7, 11) is 0. The van der Waals surface area contributed by atoms with Crippen molar-refractivity contribution in [2.75, 3.05) is 6.61 Å². The number of carbonyl (C=O) groups excluding carboxylic acids is 1. The number of tetrazole rings is 1. The highest BCUT2D eigenvalue weighted by Crippen LogP contribution is 2.32. The third-order valence-electron chi connectivity index (χ3n) is 3.73. The van der Waals surface area contributed by atoms with Crippen molar-refractivity contribution in [2.24, 2.45) is 0 Å². The lowest BCUT2D eigenvalue weighted by Crippen LogP contribution is -2.37. The molecule has 0 aliphatic carbocycles. The first-order valence-corrected chi connectivity index (χ1v) is 7.04. The van der Waals surface area contributed by atoms with Crippen LogP contribution in [0.5, 0.6) is 0 Å². The van der Waals surface area contributed by atoms with Gasteiger partial charge in [0.1, 0.15) is 6.10 Å². The van der Waals surface area contributed by atoms with E-state index in [0.717, 1.165) is 5.69 Å². The fourth-order valence-corrected chi connectivity index (χ4v) is 2.98. The summed E-state index contributed by atoms with van der Waals surface area (Å²) >= 11 is 5.43. The number of para-hydroxylation sites is 1. The van der Waals surface area contributed by atoms with Crippen LogP contribution >= 0.6 is 12.2 Å². The Kier molecular flexibility index (Phi) is 2.95. The second-order valence-electron chi connectivity index (χ2n) is 5.03. The number of carbonyl (C=O) groups is 1. The number of Topliss-reactive ketones (excluding diaryl/α,β-unsaturated/α-hetero) is 1. The molecule has 0 amide bonds. The molecule has 0 unspecified atom stereocenters. The van der Waals surface area contributed by atoms with E-state index in [1.807, 2.05) is 30.3 Å². The van der Waals surface area contributed by atoms with Crippen LogP contribution in [0.2, 0.25) is 0 Å². The molecule has 2 fully saturated rings. The molecule has 1 aromatic carbocycles. The molecule has 3 atom stereocenters. The van der Waals surface area contributed by atoms with Crippen molar-refractivity contribution in [1.29, 1.82) is 0 Å². The average molecular weight is 304 g/mol. The molecule has 3 heterocycles. The maximum atomic E-state index is 11.9. The Morgan fingerprint density at radius 2 is 2.05 bits per heavy atom. The number of ether oxygens (including phenoxy) is 2. The quantitative estimate of drug-likeness (QED) is 0.772. The first-order valence-electron chi connectivity index (χ1n) is 6.64. The van der Waals surface area contributed by atoms with Crippen LogP contribution in [-0.4, -0.2) is 44.6 Å². The zero-order valence-electron chi connectivity index (χ0n) is 11.0. The van der Waals surface area contributed by atoms with Crippen LogP contribution in [0.1, 0.15) is 12.5 Å². The molecular weight excluding hydrogens is 292 g/mol. The van der Waals surface area contributed by atoms with Gasteiger partial charge in [-0.25, -0.2) is 4.68 Å². The van der Waals surface area contributed by atoms with Gasteiger partial charge >= 0.3 is 0 Å². The van der Waals surface area contributed by atoms with Crippen molar-refractivity contribution in [1.82, 2.24) is 19.8 Å². The normalized spacial score (nSPS) is 28.0. The summed E-state index contributed by atoms with van der Waals surface area (Å²) in [4.78, 5) is 11.9. The Hall–Kier alpha value is -1.90. The molecule has 0 radical (unpaired) electrons. The third-order valence-corrected chi connectivity index (χ3v) is 4.09. The summed E-state index contributed by atoms with van der Waals surface area (Å²) in [6.07, 6.45) is -0.623. The maximum Gasteiger partial charge on any atom is 0.221 e. The topological polar surface area (TPSA) is 71.2 Å². The van der Waals surface area contributed by atoms with Crippen molar-refractivity contribution < 1.29 is 14.3 Å². The Morgan fingerprint density at radius 1 is 1.24 bits per heavy atom. The minimum Gasteiger partial charge on any atom is -0.343 e. The molecule has 2 aromatic rings. The molecule has 1 aromatic heterocycles. The summed E-state index contributed by atoms with van der Waals surface area (Å²) in [6, 6.07) is 9.25. The summed E-state index contributed by atoms with van der Waals surface area (Å²) in [6.45, 7) is 0.376. The van der Waals surface area contributed by atoms with E-state index in [1.54, 1.807) is 9.36 Å². The van der Waals surface area contributed by atoms with Crippen LogP contribution in [0, 0.1) is 4.77 Å². The van der Waals surface area contributed by atoms with Crippen LogP contribution in [0.25, 0.3) is 5.69 Å². The highest BCUT2D eigenvalue weighted by atomic mass is 32.1. The zero-order chi connectivity index (χ0) is 14.4. The summed E-state index contributed by atoms with van der Waals surface area (Å²) < 4.78 is 14.4. The molecule has 2 aliphatic rings. The van der Waals surface area contributed by atoms with E-state index in [9.17, 15) is 4.79 Å². The van der Waals surface area contributed by atoms with E-state index in [0.29, 0.717) is 17.8 Å². The fourth-order valence-electron chi connectivity index (χ4n) is 2.66. The first kappa shape index (κ1) is 12.8. The van der Waals surface area contributed by atoms with Crippen LogP contribution in [0.4, 0.5) is 0 Å². The highest BCUT2D eigenvalue weighted by Gasteiger charge is 2.45. The van der Waals surface area contributed by atoms with Crippen LogP contribution < -0.4 is 0 Å². The van der Waals surface area contributed by atoms with E-state index in [4.69, 9.17) is 21.7 Å². The van der Waals surface area contributed by atoms with Gasteiger partial charge < -0.3 is 9.47 Å². The number of hydrogen-bond donors (Lipinski definition) is 0. The minimum atomic E-state index is -0.718. The number of nitrogens with zero attached hydrogens (tertiary/aromatic N) is 4. The Balaban J connectivity index is 1.72. The lowest BCUT2D eigenvalue weighted by molar-refractivity contribution is -0.156. The Morgan fingerprint density at radius 3 is 2.86 bits per heavy atom. The Bertz CT molecular complexity index is 741. The zero-order valence-corrected chi connectivity index (χ0v) is 11.8. The molecule has 2 saturated heterocycles. The van der Waals surface area contributed by atoms with Crippen molar-refractivity contribution >= 4 is 18.0 Å². The molecule has 7 nitrogen and oxygen atoms in total. The number of ketones is 1. The molecule has 2 bridgehead atoms. The summed E-state index contributed by atoms with van der Waals surface area (Å²) in [5.74, 6) is -0.0788. The second kappa shape index (κ2) is 4.83. The summed E-state index contributed by atoms with van der Waals surface area (Å²) in [5, 5.41) is 8.19. The van der Waals surface area contributed by atoms with Crippen molar-refractivity contribution in [3.63, 3.8) is 0 Å². The third kappa shape index (κ3) is 2.03. The molecule has 8 heteroatoms. The minimum absolute atomic E-state index is 0.0788. The van der Waals surface area contributed by atoms with Gasteiger partial charge in [-0.15, -0.1) is 0 Å². The van der Waals surface area contributed by atoms with Gasteiger partial charge in [-0.2, -0.15) is 4.68 Å². The van der Waals surface area contributed by atoms with Crippen LogP contribution in [0.15, 0.2) is 30.3 Å². The standard InChI is InChI=1S/C13H12N4O3S/c18-10-6-9(11-7-19-12(10)20-11)17-13(21)16(14-15-17)8-4-2-1-3-5-8/h1-5,9,11-12H,6-7H2/t9-,11+,12+/m0/s1. The molecule has 21 heavy (non-hydrogen) atoms. The first-order chi connectivity index (χ1) is 10.2. The monoisotopic (exact) mass is 304 g/mol. The van der Waals surface area contributed by atoms with Gasteiger partial charge in [-0.1, -0.05) is 18.2 Å².